The molecular weight excluding hydrogens is 220 g/mol. The van der Waals surface area contributed by atoms with Gasteiger partial charge in [-0.2, -0.15) is 0 Å². The van der Waals surface area contributed by atoms with Gasteiger partial charge in [-0.1, -0.05) is 45.7 Å². The maximum atomic E-state index is 3.47. The number of nitrogens with zero attached hydrogens (tertiary/aromatic N) is 1. The molecule has 0 saturated heterocycles. The second-order valence-corrected chi connectivity index (χ2v) is 4.79. The summed E-state index contributed by atoms with van der Waals surface area (Å²) >= 11 is 0. The molecule has 0 fully saturated rings. The Bertz CT molecular complexity index is 301. The maximum Gasteiger partial charge on any atom is 0.0340 e. The lowest BCUT2D eigenvalue weighted by atomic mass is 10.2. The van der Waals surface area contributed by atoms with Crippen LogP contribution in [0, 0.1) is 0 Å². The van der Waals surface area contributed by atoms with Crippen molar-refractivity contribution in [3.63, 3.8) is 0 Å². The molecule has 102 valence electrons. The van der Waals surface area contributed by atoms with Gasteiger partial charge in [0, 0.05) is 18.8 Å². The Balaban J connectivity index is 2.37. The second kappa shape index (κ2) is 8.98. The molecule has 1 N–H and O–H groups in total. The van der Waals surface area contributed by atoms with E-state index in [0.29, 0.717) is 0 Å². The van der Waals surface area contributed by atoms with Crippen LogP contribution in [0.1, 0.15) is 45.6 Å². The minimum Gasteiger partial charge on any atom is -0.385 e. The predicted molar refractivity (Wildman–Crippen MR) is 81.1 cm³/mol. The van der Waals surface area contributed by atoms with E-state index in [4.69, 9.17) is 0 Å². The highest BCUT2D eigenvalue weighted by Crippen LogP contribution is 2.11. The molecule has 2 heteroatoms. The van der Waals surface area contributed by atoms with Crippen molar-refractivity contribution in [1.29, 1.82) is 0 Å². The van der Waals surface area contributed by atoms with Gasteiger partial charge in [0.1, 0.15) is 0 Å². The fourth-order valence-electron chi connectivity index (χ4n) is 2.04. The first-order valence-corrected chi connectivity index (χ1v) is 7.35. The number of benzene rings is 1. The first-order chi connectivity index (χ1) is 8.80. The molecular formula is C16H28N2. The predicted octanol–water partition coefficient (Wildman–Crippen LogP) is 4.13. The number of unbranched alkanes of at least 4 members (excludes halogenated alkanes) is 2. The molecule has 18 heavy (non-hydrogen) atoms. The molecule has 0 bridgehead atoms. The van der Waals surface area contributed by atoms with Crippen LogP contribution in [0.5, 0.6) is 0 Å². The molecule has 0 atom stereocenters. The van der Waals surface area contributed by atoms with Crippen LogP contribution in [0.2, 0.25) is 0 Å². The molecule has 0 spiro atoms. The number of anilines is 1. The van der Waals surface area contributed by atoms with E-state index in [1.54, 1.807) is 0 Å². The van der Waals surface area contributed by atoms with Crippen LogP contribution >= 0.6 is 0 Å². The second-order valence-electron chi connectivity index (χ2n) is 4.79. The molecule has 0 aliphatic carbocycles. The fourth-order valence-corrected chi connectivity index (χ4v) is 2.04. The third-order valence-corrected chi connectivity index (χ3v) is 3.36. The fraction of sp³-hybridized carbons (Fsp3) is 0.625. The number of hydrogen-bond acceptors (Lipinski definition) is 2. The third-order valence-electron chi connectivity index (χ3n) is 3.36. The Morgan fingerprint density at radius 1 is 0.944 bits per heavy atom. The average Bonchev–Trinajstić information content (AvgIpc) is 2.42. The van der Waals surface area contributed by atoms with Crippen molar-refractivity contribution in [2.75, 3.05) is 25.0 Å². The van der Waals surface area contributed by atoms with Crippen LogP contribution in [0.3, 0.4) is 0 Å². The van der Waals surface area contributed by atoms with E-state index in [9.17, 15) is 0 Å². The van der Waals surface area contributed by atoms with Gasteiger partial charge in [-0.25, -0.2) is 0 Å². The molecule has 1 rings (SSSR count). The maximum absolute atomic E-state index is 3.47. The summed E-state index contributed by atoms with van der Waals surface area (Å²) in [5, 5.41) is 3.47. The first kappa shape index (κ1) is 15.0. The number of rotatable bonds is 9. The van der Waals surface area contributed by atoms with Crippen LogP contribution in [-0.4, -0.2) is 24.5 Å². The van der Waals surface area contributed by atoms with E-state index >= 15 is 0 Å². The zero-order valence-corrected chi connectivity index (χ0v) is 12.2. The van der Waals surface area contributed by atoms with Crippen LogP contribution < -0.4 is 5.32 Å². The summed E-state index contributed by atoms with van der Waals surface area (Å²) in [6.07, 6.45) is 3.86. The van der Waals surface area contributed by atoms with Crippen molar-refractivity contribution < 1.29 is 0 Å². The summed E-state index contributed by atoms with van der Waals surface area (Å²) in [7, 11) is 0. The Morgan fingerprint density at radius 2 is 1.61 bits per heavy atom. The van der Waals surface area contributed by atoms with E-state index in [2.05, 4.69) is 55.3 Å². The summed E-state index contributed by atoms with van der Waals surface area (Å²) < 4.78 is 0. The van der Waals surface area contributed by atoms with Gasteiger partial charge < -0.3 is 5.32 Å². The third kappa shape index (κ3) is 5.54. The standard InChI is InChI=1S/C16H28N2/c1-4-7-8-13-17-16-11-9-15(10-12-16)14-18(5-2)6-3/h9-12,17H,4-8,13-14H2,1-3H3. The van der Waals surface area contributed by atoms with Crippen molar-refractivity contribution in [3.05, 3.63) is 29.8 Å². The lowest BCUT2D eigenvalue weighted by Gasteiger charge is -2.18. The van der Waals surface area contributed by atoms with Crippen molar-refractivity contribution >= 4 is 5.69 Å². The van der Waals surface area contributed by atoms with Crippen molar-refractivity contribution in [1.82, 2.24) is 4.90 Å². The van der Waals surface area contributed by atoms with E-state index in [-0.39, 0.29) is 0 Å². The number of hydrogen-bond donors (Lipinski definition) is 1. The molecule has 2 nitrogen and oxygen atoms in total. The largest absolute Gasteiger partial charge is 0.385 e. The Labute approximate surface area is 112 Å². The quantitative estimate of drug-likeness (QED) is 0.661. The van der Waals surface area contributed by atoms with E-state index in [1.165, 1.54) is 30.5 Å². The topological polar surface area (TPSA) is 15.3 Å². The van der Waals surface area contributed by atoms with E-state index < -0.39 is 0 Å². The minimum absolute atomic E-state index is 1.06. The molecule has 0 aromatic heterocycles. The lowest BCUT2D eigenvalue weighted by Crippen LogP contribution is -2.22. The van der Waals surface area contributed by atoms with Gasteiger partial charge in [0.05, 0.1) is 0 Å². The van der Waals surface area contributed by atoms with E-state index in [1.807, 2.05) is 0 Å². The highest BCUT2D eigenvalue weighted by molar-refractivity contribution is 5.44. The summed E-state index contributed by atoms with van der Waals surface area (Å²) in [5.74, 6) is 0. The SMILES string of the molecule is CCCCCNc1ccc(CN(CC)CC)cc1. The van der Waals surface area contributed by atoms with Gasteiger partial charge in [0.15, 0.2) is 0 Å². The highest BCUT2D eigenvalue weighted by atomic mass is 15.1. The summed E-state index contributed by atoms with van der Waals surface area (Å²) in [5.41, 5.74) is 2.65. The van der Waals surface area contributed by atoms with Crippen molar-refractivity contribution in [2.45, 2.75) is 46.6 Å². The first-order valence-electron chi connectivity index (χ1n) is 7.35. The van der Waals surface area contributed by atoms with Crippen LogP contribution in [0.4, 0.5) is 5.69 Å². The molecule has 0 heterocycles. The van der Waals surface area contributed by atoms with Crippen LogP contribution in [0.25, 0.3) is 0 Å². The molecule has 1 aromatic carbocycles. The molecule has 0 amide bonds. The Kier molecular flexibility index (Phi) is 7.51. The smallest absolute Gasteiger partial charge is 0.0340 e. The minimum atomic E-state index is 1.06. The Hall–Kier alpha value is -1.02. The summed E-state index contributed by atoms with van der Waals surface area (Å²) in [6, 6.07) is 8.87. The van der Waals surface area contributed by atoms with Gasteiger partial charge in [0.2, 0.25) is 0 Å². The molecule has 0 unspecified atom stereocenters. The van der Waals surface area contributed by atoms with Gasteiger partial charge in [-0.15, -0.1) is 0 Å². The zero-order valence-electron chi connectivity index (χ0n) is 12.2. The molecule has 0 aliphatic rings. The average molecular weight is 248 g/mol. The van der Waals surface area contributed by atoms with Gasteiger partial charge in [0.25, 0.3) is 0 Å². The molecule has 0 radical (unpaired) electrons. The van der Waals surface area contributed by atoms with Crippen molar-refractivity contribution in [3.8, 4) is 0 Å². The van der Waals surface area contributed by atoms with Crippen LogP contribution in [0.15, 0.2) is 24.3 Å². The zero-order chi connectivity index (χ0) is 13.2. The van der Waals surface area contributed by atoms with Gasteiger partial charge in [-0.3, -0.25) is 4.90 Å². The Morgan fingerprint density at radius 3 is 2.17 bits per heavy atom. The molecule has 1 aromatic rings. The van der Waals surface area contributed by atoms with Crippen LogP contribution in [-0.2, 0) is 6.54 Å². The number of nitrogens with one attached hydrogen (secondary N) is 1. The normalized spacial score (nSPS) is 10.9. The monoisotopic (exact) mass is 248 g/mol. The van der Waals surface area contributed by atoms with E-state index in [0.717, 1.165) is 26.2 Å². The van der Waals surface area contributed by atoms with Gasteiger partial charge >= 0.3 is 0 Å². The van der Waals surface area contributed by atoms with Gasteiger partial charge in [-0.05, 0) is 37.2 Å². The summed E-state index contributed by atoms with van der Waals surface area (Å²) in [4.78, 5) is 2.43. The molecule has 0 aliphatic heterocycles. The molecule has 0 saturated carbocycles. The summed E-state index contributed by atoms with van der Waals surface area (Å²) in [6.45, 7) is 11.1. The lowest BCUT2D eigenvalue weighted by molar-refractivity contribution is 0.296. The highest BCUT2D eigenvalue weighted by Gasteiger charge is 2.00. The van der Waals surface area contributed by atoms with Crippen molar-refractivity contribution in [2.24, 2.45) is 0 Å².